The van der Waals surface area contributed by atoms with Crippen molar-refractivity contribution in [1.82, 2.24) is 34.9 Å². The summed E-state index contributed by atoms with van der Waals surface area (Å²) in [6.45, 7) is 0. The molecule has 0 unspecified atom stereocenters. The van der Waals surface area contributed by atoms with Crippen LogP contribution < -0.4 is 4.98 Å². The van der Waals surface area contributed by atoms with Crippen molar-refractivity contribution in [3.05, 3.63) is 103 Å². The minimum atomic E-state index is 0. The van der Waals surface area contributed by atoms with Crippen molar-refractivity contribution in [1.29, 1.82) is 0 Å². The first-order chi connectivity index (χ1) is 19.8. The van der Waals surface area contributed by atoms with Gasteiger partial charge in [0.2, 0.25) is 0 Å². The molecule has 8 heteroatoms. The third kappa shape index (κ3) is 3.55. The molecule has 7 aromatic rings. The maximum Gasteiger partial charge on any atom is 2.00 e. The summed E-state index contributed by atoms with van der Waals surface area (Å²) in [4.78, 5) is 34.8. The van der Waals surface area contributed by atoms with Crippen molar-refractivity contribution in [2.24, 2.45) is 0 Å². The third-order valence-electron chi connectivity index (χ3n) is 7.49. The number of fused-ring (bicyclic) bond motifs is 20. The van der Waals surface area contributed by atoms with Crippen LogP contribution in [0.2, 0.25) is 0 Å². The molecule has 8 bridgehead atoms. The Labute approximate surface area is 243 Å². The van der Waals surface area contributed by atoms with E-state index >= 15 is 0 Å². The molecule has 41 heavy (non-hydrogen) atoms. The molecule has 0 amide bonds. The van der Waals surface area contributed by atoms with E-state index in [1.54, 1.807) is 0 Å². The molecule has 9 rings (SSSR count). The Morgan fingerprint density at radius 3 is 1.15 bits per heavy atom. The van der Waals surface area contributed by atoms with Gasteiger partial charge in [-0.1, -0.05) is 84.9 Å². The van der Waals surface area contributed by atoms with Gasteiger partial charge in [0.1, 0.15) is 0 Å². The van der Waals surface area contributed by atoms with Gasteiger partial charge in [-0.2, -0.15) is 0 Å². The van der Waals surface area contributed by atoms with E-state index < -0.39 is 0 Å². The summed E-state index contributed by atoms with van der Waals surface area (Å²) < 4.78 is 0. The van der Waals surface area contributed by atoms with Gasteiger partial charge in [-0.25, -0.2) is 9.97 Å². The zero-order valence-corrected chi connectivity index (χ0v) is 22.4. The molecule has 2 aliphatic heterocycles. The van der Waals surface area contributed by atoms with Crippen LogP contribution in [-0.2, 0) is 17.1 Å². The zero-order chi connectivity index (χ0) is 26.2. The van der Waals surface area contributed by atoms with Crippen LogP contribution in [0.15, 0.2) is 103 Å². The Balaban J connectivity index is 0.00000256. The number of hydrogen-bond acceptors (Lipinski definition) is 6. The largest absolute Gasteiger partial charge is 2.00 e. The van der Waals surface area contributed by atoms with Crippen LogP contribution in [0.3, 0.4) is 0 Å². The van der Waals surface area contributed by atoms with Crippen LogP contribution in [0.1, 0.15) is 0 Å². The number of nitrogens with zero attached hydrogens (tertiary/aromatic N) is 7. The fourth-order valence-corrected chi connectivity index (χ4v) is 5.62. The van der Waals surface area contributed by atoms with Crippen LogP contribution in [0.5, 0.6) is 0 Å². The molecule has 0 saturated heterocycles. The maximum atomic E-state index is 5.06. The molecule has 192 valence electrons. The number of rotatable bonds is 0. The predicted octanol–water partition coefficient (Wildman–Crippen LogP) is 6.89. The van der Waals surface area contributed by atoms with E-state index in [9.17, 15) is 0 Å². The molecule has 7 nitrogen and oxygen atoms in total. The molecule has 2 aliphatic rings. The number of hydrogen-bond donors (Lipinski definition) is 0. The van der Waals surface area contributed by atoms with Crippen LogP contribution in [0.4, 0.5) is 0 Å². The smallest absolute Gasteiger partial charge is 0.357 e. The Bertz CT molecular complexity index is 2030. The molecule has 0 fully saturated rings. The third-order valence-corrected chi connectivity index (χ3v) is 7.49. The van der Waals surface area contributed by atoms with E-state index in [2.05, 4.69) is 12.1 Å². The average Bonchev–Trinajstić information content (AvgIpc) is 3.73. The Kier molecular flexibility index (Phi) is 5.16. The molecule has 0 radical (unpaired) electrons. The van der Waals surface area contributed by atoms with E-state index in [-0.39, 0.29) is 17.1 Å². The van der Waals surface area contributed by atoms with Gasteiger partial charge in [-0.3, -0.25) is 9.97 Å². The van der Waals surface area contributed by atoms with Crippen LogP contribution in [-0.4, -0.2) is 29.9 Å². The fourth-order valence-electron chi connectivity index (χ4n) is 5.62. The van der Waals surface area contributed by atoms with Crippen molar-refractivity contribution in [3.8, 4) is 45.6 Å². The quantitative estimate of drug-likeness (QED) is 0.146. The second-order valence-corrected chi connectivity index (χ2v) is 9.82. The molecular weight excluding hydrogens is 550 g/mol. The van der Waals surface area contributed by atoms with Crippen molar-refractivity contribution >= 4 is 43.9 Å². The van der Waals surface area contributed by atoms with Gasteiger partial charge in [0.05, 0.1) is 11.6 Å². The molecule has 2 aromatic heterocycles. The second-order valence-electron chi connectivity index (χ2n) is 9.82. The topological polar surface area (TPSA) is 91.4 Å². The molecule has 0 N–H and O–H groups in total. The second kappa shape index (κ2) is 8.92. The predicted molar refractivity (Wildman–Crippen MR) is 156 cm³/mol. The minimum Gasteiger partial charge on any atom is -0.357 e. The van der Waals surface area contributed by atoms with Gasteiger partial charge in [-0.15, -0.1) is 29.0 Å². The SMILES string of the molecule is [Fe+2].c1ccc2c(c1)-c1nc-2nc2[n-]c(nc3nc(nc4[cH-]c(n1)c1ccccc41)-c1ccccc1-3)c1ccccc21. The van der Waals surface area contributed by atoms with Gasteiger partial charge >= 0.3 is 17.1 Å². The first-order valence-electron chi connectivity index (χ1n) is 13.0. The summed E-state index contributed by atoms with van der Waals surface area (Å²) >= 11 is 0. The summed E-state index contributed by atoms with van der Waals surface area (Å²) in [5, 5.41) is 3.82. The van der Waals surface area contributed by atoms with Gasteiger partial charge in [0.15, 0.2) is 11.6 Å². The summed E-state index contributed by atoms with van der Waals surface area (Å²) in [5.74, 6) is 2.39. The summed E-state index contributed by atoms with van der Waals surface area (Å²) in [6.07, 6.45) is 0. The zero-order valence-electron chi connectivity index (χ0n) is 21.3. The van der Waals surface area contributed by atoms with E-state index in [1.165, 1.54) is 0 Å². The Morgan fingerprint density at radius 2 is 0.732 bits per heavy atom. The van der Waals surface area contributed by atoms with Gasteiger partial charge in [0, 0.05) is 33.5 Å². The number of aromatic nitrogens is 7. The van der Waals surface area contributed by atoms with E-state index in [1.807, 2.05) is 91.0 Å². The van der Waals surface area contributed by atoms with Gasteiger partial charge in [-0.05, 0) is 21.8 Å². The maximum absolute atomic E-state index is 5.06. The summed E-state index contributed by atoms with van der Waals surface area (Å²) in [7, 11) is 0. The fraction of sp³-hybridized carbons (Fsp3) is 0. The van der Waals surface area contributed by atoms with Crippen LogP contribution in [0.25, 0.3) is 89.4 Å². The van der Waals surface area contributed by atoms with Crippen molar-refractivity contribution in [2.75, 3.05) is 0 Å². The molecule has 5 aromatic carbocycles. The number of benzene rings is 4. The first-order valence-corrected chi connectivity index (χ1v) is 13.0. The van der Waals surface area contributed by atoms with Crippen molar-refractivity contribution < 1.29 is 17.1 Å². The normalized spacial score (nSPS) is 11.7. The minimum absolute atomic E-state index is 0. The van der Waals surface area contributed by atoms with Gasteiger partial charge < -0.3 is 15.0 Å². The van der Waals surface area contributed by atoms with Crippen LogP contribution >= 0.6 is 0 Å². The average molecular weight is 567 g/mol. The van der Waals surface area contributed by atoms with E-state index in [4.69, 9.17) is 34.9 Å². The molecule has 4 heterocycles. The van der Waals surface area contributed by atoms with E-state index in [0.717, 1.165) is 54.8 Å². The molecular formula is C33H17FeN7. The summed E-state index contributed by atoms with van der Waals surface area (Å²) in [6, 6.07) is 34.2. The monoisotopic (exact) mass is 567 g/mol. The molecule has 0 aliphatic carbocycles. The standard InChI is InChI=1S/C33H17N7.Fe/c1-2-10-19-18(9-1)26-17-27(19)35-29-21-12-4-6-14-23(21)31(37-29)39-33-25-16-8-7-15-24(25)32(40-33)38-30-22-13-5-3-11-20(22)28(34-26)36-30;/h1-17H;/q-2;+2. The van der Waals surface area contributed by atoms with E-state index in [0.29, 0.717) is 34.6 Å². The Morgan fingerprint density at radius 1 is 0.390 bits per heavy atom. The molecule has 0 atom stereocenters. The van der Waals surface area contributed by atoms with Gasteiger partial charge in [0.25, 0.3) is 0 Å². The molecule has 0 spiro atoms. The Hall–Kier alpha value is -5.17. The molecule has 0 saturated carbocycles. The first kappa shape index (κ1) is 23.7. The van der Waals surface area contributed by atoms with Crippen molar-refractivity contribution in [2.45, 2.75) is 0 Å². The van der Waals surface area contributed by atoms with Crippen LogP contribution in [0, 0.1) is 0 Å². The summed E-state index contributed by atoms with van der Waals surface area (Å²) in [5.41, 5.74) is 6.45. The van der Waals surface area contributed by atoms with Crippen molar-refractivity contribution in [3.63, 3.8) is 0 Å².